The molecule has 0 radical (unpaired) electrons. The van der Waals surface area contributed by atoms with E-state index in [1.54, 1.807) is 24.3 Å². The van der Waals surface area contributed by atoms with Gasteiger partial charge < -0.3 is 14.8 Å². The Kier molecular flexibility index (Phi) is 7.28. The normalized spacial score (nSPS) is 11.0. The molecule has 28 heavy (non-hydrogen) atoms. The van der Waals surface area contributed by atoms with Crippen LogP contribution in [0.3, 0.4) is 0 Å². The van der Waals surface area contributed by atoms with Gasteiger partial charge in [0.15, 0.2) is 0 Å². The van der Waals surface area contributed by atoms with Gasteiger partial charge in [0, 0.05) is 0 Å². The van der Waals surface area contributed by atoms with Crippen LogP contribution < -0.4 is 19.1 Å². The number of carbonyl (C=O) groups is 1. The van der Waals surface area contributed by atoms with E-state index in [-0.39, 0.29) is 19.7 Å². The molecule has 0 atom stereocenters. The fraction of sp³-hybridized carbons (Fsp3) is 0.350. The number of hydrogen-bond donors (Lipinski definition) is 1. The summed E-state index contributed by atoms with van der Waals surface area (Å²) < 4.78 is 36.0. The van der Waals surface area contributed by atoms with E-state index in [1.807, 2.05) is 32.0 Å². The summed E-state index contributed by atoms with van der Waals surface area (Å²) >= 11 is 0. The van der Waals surface area contributed by atoms with Crippen LogP contribution in [0, 0.1) is 13.8 Å². The van der Waals surface area contributed by atoms with Crippen LogP contribution >= 0.6 is 0 Å². The molecule has 1 amide bonds. The summed E-state index contributed by atoms with van der Waals surface area (Å²) in [6.07, 6.45) is 1.06. The summed E-state index contributed by atoms with van der Waals surface area (Å²) in [5.74, 6) is 0.960. The van der Waals surface area contributed by atoms with Crippen molar-refractivity contribution >= 4 is 21.6 Å². The van der Waals surface area contributed by atoms with Crippen molar-refractivity contribution in [1.29, 1.82) is 0 Å². The van der Waals surface area contributed by atoms with E-state index in [2.05, 4.69) is 5.32 Å². The van der Waals surface area contributed by atoms with Crippen molar-refractivity contribution in [2.75, 3.05) is 37.4 Å². The number of methoxy groups -OCH3 is 1. The first-order valence-corrected chi connectivity index (χ1v) is 10.6. The molecule has 0 aliphatic heterocycles. The summed E-state index contributed by atoms with van der Waals surface area (Å²) in [5, 5.41) is 2.69. The number of amides is 1. The van der Waals surface area contributed by atoms with Gasteiger partial charge >= 0.3 is 0 Å². The van der Waals surface area contributed by atoms with Crippen LogP contribution in [0.5, 0.6) is 11.5 Å². The summed E-state index contributed by atoms with van der Waals surface area (Å²) in [6, 6.07) is 12.3. The fourth-order valence-corrected chi connectivity index (χ4v) is 3.42. The monoisotopic (exact) mass is 406 g/mol. The van der Waals surface area contributed by atoms with Crippen LogP contribution in [-0.2, 0) is 14.8 Å². The standard InChI is InChI=1S/C20H26N2O5S/c1-15-6-5-7-19(16(15)2)27-13-12-21-20(23)14-22(28(4,24)25)17-8-10-18(26-3)11-9-17/h5-11H,12-14H2,1-4H3,(H,21,23). The van der Waals surface area contributed by atoms with Gasteiger partial charge in [-0.3, -0.25) is 9.10 Å². The molecule has 0 bridgehead atoms. The van der Waals surface area contributed by atoms with Gasteiger partial charge in [-0.05, 0) is 55.3 Å². The van der Waals surface area contributed by atoms with Gasteiger partial charge in [-0.15, -0.1) is 0 Å². The number of nitrogens with zero attached hydrogens (tertiary/aromatic N) is 1. The first kappa shape index (κ1) is 21.6. The lowest BCUT2D eigenvalue weighted by Crippen LogP contribution is -2.41. The lowest BCUT2D eigenvalue weighted by molar-refractivity contribution is -0.119. The molecule has 0 aliphatic rings. The Morgan fingerprint density at radius 2 is 1.79 bits per heavy atom. The van der Waals surface area contributed by atoms with Gasteiger partial charge in [-0.1, -0.05) is 12.1 Å². The SMILES string of the molecule is COc1ccc(N(CC(=O)NCCOc2cccc(C)c2C)S(C)(=O)=O)cc1. The molecule has 0 saturated carbocycles. The van der Waals surface area contributed by atoms with E-state index in [4.69, 9.17) is 9.47 Å². The minimum absolute atomic E-state index is 0.270. The number of rotatable bonds is 9. The Morgan fingerprint density at radius 3 is 2.39 bits per heavy atom. The Bertz CT molecular complexity index is 911. The second kappa shape index (κ2) is 9.45. The van der Waals surface area contributed by atoms with Gasteiger partial charge in [0.25, 0.3) is 0 Å². The average molecular weight is 407 g/mol. The maximum absolute atomic E-state index is 12.2. The van der Waals surface area contributed by atoms with E-state index in [0.29, 0.717) is 11.4 Å². The molecule has 0 heterocycles. The van der Waals surface area contributed by atoms with Crippen LogP contribution in [0.4, 0.5) is 5.69 Å². The smallest absolute Gasteiger partial charge is 0.240 e. The second-order valence-corrected chi connectivity index (χ2v) is 8.27. The van der Waals surface area contributed by atoms with E-state index >= 15 is 0 Å². The van der Waals surface area contributed by atoms with Gasteiger partial charge in [0.1, 0.15) is 24.7 Å². The second-order valence-electron chi connectivity index (χ2n) is 6.36. The maximum atomic E-state index is 12.2. The predicted molar refractivity (Wildman–Crippen MR) is 110 cm³/mol. The predicted octanol–water partition coefficient (Wildman–Crippen LogP) is 2.27. The lowest BCUT2D eigenvalue weighted by atomic mass is 10.1. The van der Waals surface area contributed by atoms with E-state index in [1.165, 1.54) is 7.11 Å². The van der Waals surface area contributed by atoms with Gasteiger partial charge in [0.05, 0.1) is 25.6 Å². The molecule has 0 saturated heterocycles. The molecule has 0 aromatic heterocycles. The number of sulfonamides is 1. The van der Waals surface area contributed by atoms with Crippen molar-refractivity contribution in [3.63, 3.8) is 0 Å². The Hall–Kier alpha value is -2.74. The number of hydrogen-bond acceptors (Lipinski definition) is 5. The zero-order valence-electron chi connectivity index (χ0n) is 16.6. The van der Waals surface area contributed by atoms with Crippen LogP contribution in [0.2, 0.25) is 0 Å². The third-order valence-corrected chi connectivity index (χ3v) is 5.43. The van der Waals surface area contributed by atoms with Gasteiger partial charge in [-0.25, -0.2) is 8.42 Å². The molecule has 0 aliphatic carbocycles. The first-order chi connectivity index (χ1) is 13.2. The highest BCUT2D eigenvalue weighted by Crippen LogP contribution is 2.21. The zero-order chi connectivity index (χ0) is 20.7. The highest BCUT2D eigenvalue weighted by molar-refractivity contribution is 7.92. The summed E-state index contributed by atoms with van der Waals surface area (Å²) in [6.45, 7) is 4.23. The van der Waals surface area contributed by atoms with Crippen molar-refractivity contribution in [2.24, 2.45) is 0 Å². The zero-order valence-corrected chi connectivity index (χ0v) is 17.4. The third kappa shape index (κ3) is 5.88. The van der Waals surface area contributed by atoms with Crippen molar-refractivity contribution in [1.82, 2.24) is 5.32 Å². The van der Waals surface area contributed by atoms with E-state index < -0.39 is 15.9 Å². The molecule has 152 valence electrons. The first-order valence-electron chi connectivity index (χ1n) is 8.80. The van der Waals surface area contributed by atoms with Crippen molar-refractivity contribution < 1.29 is 22.7 Å². The van der Waals surface area contributed by atoms with Crippen LogP contribution in [0.15, 0.2) is 42.5 Å². The summed E-state index contributed by atoms with van der Waals surface area (Å²) in [7, 11) is -2.09. The highest BCUT2D eigenvalue weighted by atomic mass is 32.2. The molecule has 0 spiro atoms. The van der Waals surface area contributed by atoms with Crippen LogP contribution in [0.1, 0.15) is 11.1 Å². The minimum atomic E-state index is -3.62. The Labute approximate surface area is 166 Å². The van der Waals surface area contributed by atoms with Crippen molar-refractivity contribution in [3.8, 4) is 11.5 Å². The van der Waals surface area contributed by atoms with Crippen LogP contribution in [-0.4, -0.2) is 47.4 Å². The molecule has 2 rings (SSSR count). The van der Waals surface area contributed by atoms with Crippen molar-refractivity contribution in [2.45, 2.75) is 13.8 Å². The largest absolute Gasteiger partial charge is 0.497 e. The lowest BCUT2D eigenvalue weighted by Gasteiger charge is -2.22. The quantitative estimate of drug-likeness (QED) is 0.646. The van der Waals surface area contributed by atoms with Crippen LogP contribution in [0.25, 0.3) is 0 Å². The number of aryl methyl sites for hydroxylation is 1. The molecular formula is C20H26N2O5S. The molecule has 8 heteroatoms. The Balaban J connectivity index is 1.92. The minimum Gasteiger partial charge on any atom is -0.497 e. The van der Waals surface area contributed by atoms with Gasteiger partial charge in [0.2, 0.25) is 15.9 Å². The summed E-state index contributed by atoms with van der Waals surface area (Å²) in [5.41, 5.74) is 2.58. The average Bonchev–Trinajstić information content (AvgIpc) is 2.65. The third-order valence-electron chi connectivity index (χ3n) is 4.28. The fourth-order valence-electron chi connectivity index (χ4n) is 2.57. The van der Waals surface area contributed by atoms with E-state index in [0.717, 1.165) is 27.4 Å². The molecule has 2 aromatic rings. The number of carbonyl (C=O) groups excluding carboxylic acids is 1. The molecule has 0 unspecified atom stereocenters. The molecular weight excluding hydrogens is 380 g/mol. The van der Waals surface area contributed by atoms with Gasteiger partial charge in [-0.2, -0.15) is 0 Å². The topological polar surface area (TPSA) is 84.9 Å². The number of anilines is 1. The Morgan fingerprint density at radius 1 is 1.11 bits per heavy atom. The highest BCUT2D eigenvalue weighted by Gasteiger charge is 2.20. The number of ether oxygens (including phenoxy) is 2. The van der Waals surface area contributed by atoms with E-state index in [9.17, 15) is 13.2 Å². The molecule has 7 nitrogen and oxygen atoms in total. The molecule has 0 fully saturated rings. The molecule has 1 N–H and O–H groups in total. The maximum Gasteiger partial charge on any atom is 0.240 e. The van der Waals surface area contributed by atoms with Crippen molar-refractivity contribution in [3.05, 3.63) is 53.6 Å². The molecule has 2 aromatic carbocycles. The number of benzene rings is 2. The number of nitrogens with one attached hydrogen (secondary N) is 1. The summed E-state index contributed by atoms with van der Waals surface area (Å²) in [4.78, 5) is 12.2.